The fraction of sp³-hybridized carbons (Fsp3) is 0.444. The van der Waals surface area contributed by atoms with Crippen molar-refractivity contribution < 1.29 is 4.79 Å². The third kappa shape index (κ3) is 1.52. The molecule has 13 heavy (non-hydrogen) atoms. The van der Waals surface area contributed by atoms with Crippen LogP contribution in [-0.2, 0) is 4.79 Å². The maximum atomic E-state index is 11.1. The monoisotopic (exact) mass is 178 g/mol. The molecule has 1 heterocycles. The molecule has 1 N–H and O–H groups in total. The molecule has 0 atom stereocenters. The Morgan fingerprint density at radius 1 is 1.46 bits per heavy atom. The van der Waals surface area contributed by atoms with Gasteiger partial charge in [-0.05, 0) is 6.92 Å². The Morgan fingerprint density at radius 2 is 2.15 bits per heavy atom. The first-order valence-electron chi connectivity index (χ1n) is 4.25. The van der Waals surface area contributed by atoms with E-state index in [4.69, 9.17) is 0 Å². The zero-order chi connectivity index (χ0) is 9.42. The smallest absolute Gasteiger partial charge is 0.251 e. The van der Waals surface area contributed by atoms with Gasteiger partial charge in [-0.1, -0.05) is 0 Å². The van der Waals surface area contributed by atoms with E-state index in [1.165, 1.54) is 6.07 Å². The average molecular weight is 178 g/mol. The van der Waals surface area contributed by atoms with Crippen LogP contribution in [0.15, 0.2) is 10.9 Å². The Labute approximate surface area is 75.0 Å². The second kappa shape index (κ2) is 2.80. The number of carbonyl (C=O) groups is 1. The second-order valence-corrected chi connectivity index (χ2v) is 3.40. The highest BCUT2D eigenvalue weighted by atomic mass is 16.1. The quantitative estimate of drug-likeness (QED) is 0.682. The van der Waals surface area contributed by atoms with Gasteiger partial charge in [0.25, 0.3) is 5.56 Å². The largest absolute Gasteiger partial charge is 0.311 e. The van der Waals surface area contributed by atoms with E-state index in [9.17, 15) is 9.59 Å². The van der Waals surface area contributed by atoms with E-state index in [1.807, 2.05) is 0 Å². The van der Waals surface area contributed by atoms with Gasteiger partial charge in [0.05, 0.1) is 5.69 Å². The van der Waals surface area contributed by atoms with E-state index >= 15 is 0 Å². The summed E-state index contributed by atoms with van der Waals surface area (Å²) in [7, 11) is 0. The molecule has 0 bridgehead atoms. The highest BCUT2D eigenvalue weighted by Gasteiger charge is 2.29. The van der Waals surface area contributed by atoms with E-state index < -0.39 is 0 Å². The van der Waals surface area contributed by atoms with Gasteiger partial charge < -0.3 is 4.98 Å². The minimum atomic E-state index is -0.137. The van der Waals surface area contributed by atoms with Gasteiger partial charge in [-0.25, -0.2) is 4.98 Å². The third-order valence-corrected chi connectivity index (χ3v) is 2.25. The van der Waals surface area contributed by atoms with E-state index in [0.717, 1.165) is 5.69 Å². The molecule has 1 aliphatic rings. The topological polar surface area (TPSA) is 62.8 Å². The summed E-state index contributed by atoms with van der Waals surface area (Å²) >= 11 is 0. The summed E-state index contributed by atoms with van der Waals surface area (Å²) in [6.45, 7) is 1.74. The van der Waals surface area contributed by atoms with Crippen molar-refractivity contribution in [1.29, 1.82) is 0 Å². The van der Waals surface area contributed by atoms with E-state index in [2.05, 4.69) is 9.97 Å². The van der Waals surface area contributed by atoms with Crippen LogP contribution in [0.5, 0.6) is 0 Å². The lowest BCUT2D eigenvalue weighted by Gasteiger charge is -2.23. The van der Waals surface area contributed by atoms with Crippen LogP contribution in [0.1, 0.15) is 30.3 Å². The lowest BCUT2D eigenvalue weighted by molar-refractivity contribution is -0.124. The lowest BCUT2D eigenvalue weighted by Crippen LogP contribution is -2.24. The number of aromatic nitrogens is 2. The highest BCUT2D eigenvalue weighted by molar-refractivity contribution is 5.86. The first-order chi connectivity index (χ1) is 6.15. The summed E-state index contributed by atoms with van der Waals surface area (Å²) in [5.74, 6) is 1.04. The van der Waals surface area contributed by atoms with Gasteiger partial charge in [0, 0.05) is 24.8 Å². The fourth-order valence-electron chi connectivity index (χ4n) is 1.51. The van der Waals surface area contributed by atoms with Gasteiger partial charge >= 0.3 is 0 Å². The standard InChI is InChI=1S/C9H10N2O2/c1-5-10-8(4-9(13)11-5)6-2-7(12)3-6/h4,6H,2-3H2,1H3,(H,10,11,13). The second-order valence-electron chi connectivity index (χ2n) is 3.40. The Bertz CT molecular complexity index is 400. The maximum Gasteiger partial charge on any atom is 0.251 e. The van der Waals surface area contributed by atoms with Crippen LogP contribution in [0.3, 0.4) is 0 Å². The van der Waals surface area contributed by atoms with Gasteiger partial charge in [-0.15, -0.1) is 0 Å². The Balaban J connectivity index is 2.31. The van der Waals surface area contributed by atoms with Crippen molar-refractivity contribution >= 4 is 5.78 Å². The van der Waals surface area contributed by atoms with Crippen molar-refractivity contribution in [1.82, 2.24) is 9.97 Å². The molecule has 0 spiro atoms. The highest BCUT2D eigenvalue weighted by Crippen LogP contribution is 2.31. The molecule has 2 rings (SSSR count). The molecular formula is C9H10N2O2. The molecule has 1 saturated carbocycles. The summed E-state index contributed by atoms with van der Waals surface area (Å²) in [6, 6.07) is 1.48. The van der Waals surface area contributed by atoms with Crippen LogP contribution in [0, 0.1) is 6.92 Å². The minimum Gasteiger partial charge on any atom is -0.311 e. The van der Waals surface area contributed by atoms with Crippen LogP contribution < -0.4 is 5.56 Å². The van der Waals surface area contributed by atoms with Crippen molar-refractivity contribution in [2.45, 2.75) is 25.7 Å². The van der Waals surface area contributed by atoms with Crippen molar-refractivity contribution in [2.75, 3.05) is 0 Å². The normalized spacial score (nSPS) is 17.2. The lowest BCUT2D eigenvalue weighted by atomic mass is 9.81. The Morgan fingerprint density at radius 3 is 2.69 bits per heavy atom. The number of nitrogens with zero attached hydrogens (tertiary/aromatic N) is 1. The molecule has 1 aliphatic carbocycles. The minimum absolute atomic E-state index is 0.137. The van der Waals surface area contributed by atoms with Crippen LogP contribution in [0.25, 0.3) is 0 Å². The molecule has 4 heteroatoms. The van der Waals surface area contributed by atoms with Crippen LogP contribution in [0.2, 0.25) is 0 Å². The molecule has 0 amide bonds. The van der Waals surface area contributed by atoms with Gasteiger partial charge in [0.15, 0.2) is 0 Å². The van der Waals surface area contributed by atoms with Gasteiger partial charge in [-0.3, -0.25) is 9.59 Å². The molecule has 4 nitrogen and oxygen atoms in total. The summed E-state index contributed by atoms with van der Waals surface area (Å²) in [5, 5.41) is 0. The summed E-state index contributed by atoms with van der Waals surface area (Å²) in [4.78, 5) is 28.6. The summed E-state index contributed by atoms with van der Waals surface area (Å²) in [6.07, 6.45) is 1.08. The summed E-state index contributed by atoms with van der Waals surface area (Å²) < 4.78 is 0. The molecule has 0 radical (unpaired) electrons. The number of nitrogens with one attached hydrogen (secondary N) is 1. The Kier molecular flexibility index (Phi) is 1.76. The molecular weight excluding hydrogens is 168 g/mol. The molecule has 0 aromatic carbocycles. The number of aromatic amines is 1. The number of ketones is 1. The summed E-state index contributed by atoms with van der Waals surface area (Å²) in [5.41, 5.74) is 0.614. The molecule has 0 saturated heterocycles. The van der Waals surface area contributed by atoms with E-state index in [1.54, 1.807) is 6.92 Å². The van der Waals surface area contributed by atoms with Gasteiger partial charge in [-0.2, -0.15) is 0 Å². The van der Waals surface area contributed by atoms with E-state index in [-0.39, 0.29) is 17.3 Å². The van der Waals surface area contributed by atoms with Crippen molar-refractivity contribution in [3.63, 3.8) is 0 Å². The van der Waals surface area contributed by atoms with Crippen LogP contribution >= 0.6 is 0 Å². The van der Waals surface area contributed by atoms with Gasteiger partial charge in [0.2, 0.25) is 0 Å². The van der Waals surface area contributed by atoms with Crippen LogP contribution in [-0.4, -0.2) is 15.8 Å². The number of hydrogen-bond donors (Lipinski definition) is 1. The molecule has 68 valence electrons. The average Bonchev–Trinajstić information content (AvgIpc) is 1.96. The molecule has 1 aromatic heterocycles. The third-order valence-electron chi connectivity index (χ3n) is 2.25. The molecule has 0 unspecified atom stereocenters. The molecule has 1 fully saturated rings. The van der Waals surface area contributed by atoms with Crippen molar-refractivity contribution in [3.05, 3.63) is 27.9 Å². The zero-order valence-corrected chi connectivity index (χ0v) is 7.33. The first-order valence-corrected chi connectivity index (χ1v) is 4.25. The number of Topliss-reactive ketones (excluding diaryl/α,β-unsaturated/α-hetero) is 1. The number of H-pyrrole nitrogens is 1. The first kappa shape index (κ1) is 8.16. The zero-order valence-electron chi connectivity index (χ0n) is 7.33. The SMILES string of the molecule is Cc1nc(C2CC(=O)C2)cc(=O)[nH]1. The Hall–Kier alpha value is -1.45. The number of hydrogen-bond acceptors (Lipinski definition) is 3. The van der Waals surface area contributed by atoms with Gasteiger partial charge in [0.1, 0.15) is 11.6 Å². The predicted octanol–water partition coefficient (Wildman–Crippen LogP) is 0.525. The molecule has 1 aromatic rings. The predicted molar refractivity (Wildman–Crippen MR) is 46.6 cm³/mol. The fourth-order valence-corrected chi connectivity index (χ4v) is 1.51. The maximum absolute atomic E-state index is 11.1. The number of rotatable bonds is 1. The van der Waals surface area contributed by atoms with E-state index in [0.29, 0.717) is 18.7 Å². The number of aryl methyl sites for hydroxylation is 1. The molecule has 0 aliphatic heterocycles. The number of carbonyl (C=O) groups excluding carboxylic acids is 1. The van der Waals surface area contributed by atoms with Crippen molar-refractivity contribution in [2.24, 2.45) is 0 Å². The van der Waals surface area contributed by atoms with Crippen molar-refractivity contribution in [3.8, 4) is 0 Å². The van der Waals surface area contributed by atoms with Crippen LogP contribution in [0.4, 0.5) is 0 Å².